The fourth-order valence-electron chi connectivity index (χ4n) is 5.22. The fraction of sp³-hybridized carbons (Fsp3) is 0.379. The minimum atomic E-state index is -0.328. The molecule has 0 bridgehead atoms. The van der Waals surface area contributed by atoms with Gasteiger partial charge in [-0.15, -0.1) is 5.10 Å². The first kappa shape index (κ1) is 26.4. The van der Waals surface area contributed by atoms with Gasteiger partial charge in [0.2, 0.25) is 0 Å². The zero-order chi connectivity index (χ0) is 27.5. The van der Waals surface area contributed by atoms with Crippen molar-refractivity contribution < 1.29 is 14.4 Å². The monoisotopic (exact) mass is 528 g/mol. The van der Waals surface area contributed by atoms with Crippen LogP contribution < -0.4 is 15.5 Å². The molecule has 10 nitrogen and oxygen atoms in total. The number of benzene rings is 2. The number of likely N-dealkylation sites (N-methyl/N-ethyl adjacent to an activating group) is 1. The Hall–Kier alpha value is -4.18. The maximum Gasteiger partial charge on any atom is 0.338 e. The van der Waals surface area contributed by atoms with E-state index in [4.69, 9.17) is 0 Å². The first-order valence-corrected chi connectivity index (χ1v) is 13.4. The van der Waals surface area contributed by atoms with Gasteiger partial charge in [0.1, 0.15) is 0 Å². The average Bonchev–Trinajstić information content (AvgIpc) is 3.54. The summed E-state index contributed by atoms with van der Waals surface area (Å²) in [4.78, 5) is 44.1. The molecule has 1 saturated heterocycles. The van der Waals surface area contributed by atoms with Crippen molar-refractivity contribution in [2.45, 2.75) is 39.8 Å². The molecule has 0 atom stereocenters. The van der Waals surface area contributed by atoms with E-state index in [2.05, 4.69) is 46.4 Å². The zero-order valence-electron chi connectivity index (χ0n) is 22.7. The molecule has 1 aromatic heterocycles. The van der Waals surface area contributed by atoms with Crippen LogP contribution in [0.15, 0.2) is 42.5 Å². The number of fused-ring (bicyclic) bond motifs is 1. The Morgan fingerprint density at radius 2 is 1.59 bits per heavy atom. The van der Waals surface area contributed by atoms with Gasteiger partial charge < -0.3 is 25.3 Å². The number of para-hydroxylation sites is 1. The Morgan fingerprint density at radius 3 is 2.21 bits per heavy atom. The van der Waals surface area contributed by atoms with Gasteiger partial charge in [0.25, 0.3) is 5.91 Å². The Balaban J connectivity index is 1.28. The second-order valence-electron chi connectivity index (χ2n) is 10.0. The summed E-state index contributed by atoms with van der Waals surface area (Å²) < 4.78 is 1.08. The van der Waals surface area contributed by atoms with Crippen molar-refractivity contribution in [2.24, 2.45) is 0 Å². The minimum Gasteiger partial charge on any atom is -0.369 e. The van der Waals surface area contributed by atoms with Gasteiger partial charge in [-0.3, -0.25) is 9.59 Å². The van der Waals surface area contributed by atoms with Crippen molar-refractivity contribution in [1.82, 2.24) is 19.6 Å². The van der Waals surface area contributed by atoms with E-state index in [0.717, 1.165) is 66.2 Å². The van der Waals surface area contributed by atoms with Gasteiger partial charge in [0.05, 0.1) is 18.8 Å². The molecule has 0 aliphatic carbocycles. The lowest BCUT2D eigenvalue weighted by atomic mass is 10.0. The SMILES string of the molecule is CCc1cccc(CC)c1NC(=O)N1Cc2c(NC(=O)c3ccc(N4CCN(C)CC4)cc3)nn([C]=O)c2C1. The molecule has 3 amide bonds. The number of amides is 3. The molecule has 2 aliphatic heterocycles. The van der Waals surface area contributed by atoms with Crippen LogP contribution in [0.5, 0.6) is 0 Å². The highest BCUT2D eigenvalue weighted by atomic mass is 16.2. The number of hydrogen-bond acceptors (Lipinski definition) is 6. The maximum atomic E-state index is 13.2. The van der Waals surface area contributed by atoms with Crippen LogP contribution in [-0.2, 0) is 30.7 Å². The number of nitrogens with zero attached hydrogens (tertiary/aromatic N) is 5. The number of anilines is 3. The van der Waals surface area contributed by atoms with Crippen molar-refractivity contribution in [3.8, 4) is 0 Å². The maximum absolute atomic E-state index is 13.2. The highest BCUT2D eigenvalue weighted by Crippen LogP contribution is 2.31. The molecule has 3 aromatic rings. The fourth-order valence-corrected chi connectivity index (χ4v) is 5.22. The van der Waals surface area contributed by atoms with E-state index in [1.807, 2.05) is 30.3 Å². The van der Waals surface area contributed by atoms with Gasteiger partial charge in [0, 0.05) is 48.7 Å². The van der Waals surface area contributed by atoms with Crippen molar-refractivity contribution >= 4 is 35.5 Å². The van der Waals surface area contributed by atoms with Gasteiger partial charge in [-0.2, -0.15) is 4.68 Å². The predicted molar refractivity (Wildman–Crippen MR) is 151 cm³/mol. The van der Waals surface area contributed by atoms with Gasteiger partial charge in [-0.1, -0.05) is 32.0 Å². The molecule has 1 fully saturated rings. The Bertz CT molecular complexity index is 1350. The smallest absolute Gasteiger partial charge is 0.338 e. The summed E-state index contributed by atoms with van der Waals surface area (Å²) in [6.07, 6.45) is 3.38. The second kappa shape index (κ2) is 11.3. The molecule has 0 spiro atoms. The zero-order valence-corrected chi connectivity index (χ0v) is 22.7. The van der Waals surface area contributed by atoms with Crippen molar-refractivity contribution in [3.05, 3.63) is 70.4 Å². The van der Waals surface area contributed by atoms with Crippen molar-refractivity contribution in [1.29, 1.82) is 0 Å². The molecule has 10 heteroatoms. The first-order valence-electron chi connectivity index (χ1n) is 13.4. The van der Waals surface area contributed by atoms with Crippen LogP contribution in [0, 0.1) is 0 Å². The van der Waals surface area contributed by atoms with Crippen LogP contribution in [0.3, 0.4) is 0 Å². The molecular formula is C29H34N7O3. The summed E-state index contributed by atoms with van der Waals surface area (Å²) in [5.74, 6) is -0.0642. The van der Waals surface area contributed by atoms with E-state index >= 15 is 0 Å². The molecule has 0 saturated carbocycles. The number of carbonyl (C=O) groups is 2. The van der Waals surface area contributed by atoms with Gasteiger partial charge in [0.15, 0.2) is 5.82 Å². The Morgan fingerprint density at radius 1 is 0.923 bits per heavy atom. The number of rotatable bonds is 7. The summed E-state index contributed by atoms with van der Waals surface area (Å²) in [6, 6.07) is 13.2. The second-order valence-corrected chi connectivity index (χ2v) is 10.0. The molecular weight excluding hydrogens is 494 g/mol. The van der Waals surface area contributed by atoms with E-state index < -0.39 is 0 Å². The van der Waals surface area contributed by atoms with E-state index in [9.17, 15) is 14.4 Å². The third-order valence-corrected chi connectivity index (χ3v) is 7.61. The molecule has 39 heavy (non-hydrogen) atoms. The van der Waals surface area contributed by atoms with Crippen LogP contribution in [0.2, 0.25) is 0 Å². The van der Waals surface area contributed by atoms with E-state index in [-0.39, 0.29) is 30.8 Å². The topological polar surface area (TPSA) is 103 Å². The molecule has 2 N–H and O–H groups in total. The minimum absolute atomic E-state index is 0.189. The average molecular weight is 529 g/mol. The van der Waals surface area contributed by atoms with E-state index in [1.165, 1.54) is 0 Å². The Labute approximate surface area is 228 Å². The molecule has 2 aliphatic rings. The molecule has 5 rings (SSSR count). The summed E-state index contributed by atoms with van der Waals surface area (Å²) in [6.45, 7) is 8.42. The number of piperazine rings is 1. The lowest BCUT2D eigenvalue weighted by Gasteiger charge is -2.34. The highest BCUT2D eigenvalue weighted by Gasteiger charge is 2.32. The summed E-state index contributed by atoms with van der Waals surface area (Å²) in [5.41, 5.74) is 5.72. The lowest BCUT2D eigenvalue weighted by molar-refractivity contribution is 0.102. The quantitative estimate of drug-likeness (QED) is 0.487. The third-order valence-electron chi connectivity index (χ3n) is 7.61. The van der Waals surface area contributed by atoms with Gasteiger partial charge >= 0.3 is 12.4 Å². The van der Waals surface area contributed by atoms with Crippen molar-refractivity contribution in [2.75, 3.05) is 48.8 Å². The molecule has 0 unspecified atom stereocenters. The number of hydrogen-bond donors (Lipinski definition) is 2. The number of aryl methyl sites for hydroxylation is 2. The lowest BCUT2D eigenvalue weighted by Crippen LogP contribution is -2.44. The van der Waals surface area contributed by atoms with E-state index in [0.29, 0.717) is 16.8 Å². The summed E-state index contributed by atoms with van der Waals surface area (Å²) in [7, 11) is 2.12. The summed E-state index contributed by atoms with van der Waals surface area (Å²) in [5, 5.41) is 10.1. The van der Waals surface area contributed by atoms with Crippen LogP contribution in [-0.4, -0.2) is 71.2 Å². The summed E-state index contributed by atoms with van der Waals surface area (Å²) >= 11 is 0. The molecule has 203 valence electrons. The third kappa shape index (κ3) is 5.37. The van der Waals surface area contributed by atoms with Gasteiger partial charge in [-0.25, -0.2) is 4.79 Å². The number of nitrogens with one attached hydrogen (secondary N) is 2. The Kier molecular flexibility index (Phi) is 7.65. The molecule has 1 radical (unpaired) electrons. The number of aromatic nitrogens is 2. The largest absolute Gasteiger partial charge is 0.369 e. The normalized spacial score (nSPS) is 15.3. The van der Waals surface area contributed by atoms with Crippen LogP contribution in [0.1, 0.15) is 46.6 Å². The molecule has 3 heterocycles. The predicted octanol–water partition coefficient (Wildman–Crippen LogP) is 3.48. The first-order chi connectivity index (χ1) is 18.9. The van der Waals surface area contributed by atoms with Gasteiger partial charge in [-0.05, 0) is 55.3 Å². The van der Waals surface area contributed by atoms with E-state index in [1.54, 1.807) is 23.4 Å². The van der Waals surface area contributed by atoms with Crippen LogP contribution in [0.4, 0.5) is 22.0 Å². The standard InChI is InChI=1S/C29H34N7O3/c1-4-20-7-6-8-21(5-2)26(20)30-29(39)35-17-24-25(18-35)36(19-37)32-27(24)31-28(38)22-9-11-23(12-10-22)34-15-13-33(3)14-16-34/h6-12H,4-5,13-18H2,1-3H3,(H,30,39)(H,31,32,38). The number of carbonyl (C=O) groups excluding carboxylic acids is 3. The van der Waals surface area contributed by atoms with Crippen LogP contribution >= 0.6 is 0 Å². The van der Waals surface area contributed by atoms with Crippen molar-refractivity contribution in [3.63, 3.8) is 0 Å². The highest BCUT2D eigenvalue weighted by molar-refractivity contribution is 6.04. The van der Waals surface area contributed by atoms with Crippen LogP contribution in [0.25, 0.3) is 0 Å². The number of urea groups is 1. The molecule has 2 aromatic carbocycles.